The lowest BCUT2D eigenvalue weighted by Crippen LogP contribution is -2.24. The summed E-state index contributed by atoms with van der Waals surface area (Å²) in [5, 5.41) is 12.2. The van der Waals surface area contributed by atoms with E-state index in [1.54, 1.807) is 55.0 Å². The fourth-order valence-electron chi connectivity index (χ4n) is 3.61. The van der Waals surface area contributed by atoms with Crippen molar-refractivity contribution in [3.8, 4) is 40.1 Å². The number of rotatable bonds is 7. The SMILES string of the molecule is COc1ccc(CNC(=O)c2cc(-c3cncc(C)c3)cnc2-c2cccc(C#N)c2)nc1OC. The maximum Gasteiger partial charge on any atom is 0.257 e. The summed E-state index contributed by atoms with van der Waals surface area (Å²) in [4.78, 5) is 26.6. The van der Waals surface area contributed by atoms with Gasteiger partial charge in [0.15, 0.2) is 5.75 Å². The van der Waals surface area contributed by atoms with Crippen LogP contribution < -0.4 is 14.8 Å². The van der Waals surface area contributed by atoms with E-state index in [0.717, 1.165) is 16.7 Å². The molecule has 0 radical (unpaired) electrons. The van der Waals surface area contributed by atoms with Gasteiger partial charge in [0.1, 0.15) is 0 Å². The van der Waals surface area contributed by atoms with E-state index in [9.17, 15) is 10.1 Å². The van der Waals surface area contributed by atoms with Crippen molar-refractivity contribution in [2.45, 2.75) is 13.5 Å². The van der Waals surface area contributed by atoms with Gasteiger partial charge in [-0.3, -0.25) is 14.8 Å². The van der Waals surface area contributed by atoms with E-state index in [1.807, 2.05) is 19.1 Å². The minimum absolute atomic E-state index is 0.174. The lowest BCUT2D eigenvalue weighted by molar-refractivity contribution is 0.0950. The Labute approximate surface area is 203 Å². The molecule has 0 saturated heterocycles. The second-order valence-electron chi connectivity index (χ2n) is 7.76. The van der Waals surface area contributed by atoms with Crippen LogP contribution in [0.2, 0.25) is 0 Å². The van der Waals surface area contributed by atoms with E-state index in [1.165, 1.54) is 14.2 Å². The van der Waals surface area contributed by atoms with Gasteiger partial charge < -0.3 is 14.8 Å². The third-order valence-electron chi connectivity index (χ3n) is 5.33. The van der Waals surface area contributed by atoms with Crippen LogP contribution in [-0.4, -0.2) is 35.1 Å². The largest absolute Gasteiger partial charge is 0.491 e. The summed E-state index contributed by atoms with van der Waals surface area (Å²) in [6, 6.07) is 16.4. The molecule has 3 aromatic heterocycles. The first-order chi connectivity index (χ1) is 17.0. The maximum atomic E-state index is 13.4. The highest BCUT2D eigenvalue weighted by Crippen LogP contribution is 2.28. The van der Waals surface area contributed by atoms with E-state index < -0.39 is 0 Å². The summed E-state index contributed by atoms with van der Waals surface area (Å²) >= 11 is 0. The van der Waals surface area contributed by atoms with Gasteiger partial charge >= 0.3 is 0 Å². The fraction of sp³-hybridized carbons (Fsp3) is 0.148. The van der Waals surface area contributed by atoms with Gasteiger partial charge in [0.25, 0.3) is 11.8 Å². The molecule has 4 aromatic rings. The zero-order valence-corrected chi connectivity index (χ0v) is 19.6. The molecule has 0 aliphatic rings. The van der Waals surface area contributed by atoms with Gasteiger partial charge in [-0.1, -0.05) is 12.1 Å². The van der Waals surface area contributed by atoms with Crippen molar-refractivity contribution in [3.05, 3.63) is 89.5 Å². The van der Waals surface area contributed by atoms with Crippen LogP contribution in [0.3, 0.4) is 0 Å². The minimum atomic E-state index is -0.325. The summed E-state index contributed by atoms with van der Waals surface area (Å²) in [6.07, 6.45) is 5.20. The van der Waals surface area contributed by atoms with E-state index in [4.69, 9.17) is 9.47 Å². The van der Waals surface area contributed by atoms with Crippen molar-refractivity contribution in [1.29, 1.82) is 5.26 Å². The average molecular weight is 466 g/mol. The molecule has 1 aromatic carbocycles. The van der Waals surface area contributed by atoms with Gasteiger partial charge in [-0.25, -0.2) is 4.98 Å². The van der Waals surface area contributed by atoms with Crippen LogP contribution in [-0.2, 0) is 6.54 Å². The van der Waals surface area contributed by atoms with Crippen LogP contribution in [0, 0.1) is 18.3 Å². The standard InChI is InChI=1S/C27H23N5O3/c1-17-9-20(14-29-13-17)21-11-23(25(30-15-21)19-6-4-5-18(10-19)12-28)26(33)31-16-22-7-8-24(34-2)27(32-22)35-3/h4-11,13-15H,16H2,1-3H3,(H,31,33). The van der Waals surface area contributed by atoms with E-state index in [0.29, 0.717) is 39.7 Å². The predicted octanol–water partition coefficient (Wildman–Crippen LogP) is 4.33. The first-order valence-corrected chi connectivity index (χ1v) is 10.8. The summed E-state index contributed by atoms with van der Waals surface area (Å²) in [6.45, 7) is 2.13. The zero-order valence-electron chi connectivity index (χ0n) is 19.6. The number of amides is 1. The molecule has 0 spiro atoms. The highest BCUT2D eigenvalue weighted by molar-refractivity contribution is 6.01. The van der Waals surface area contributed by atoms with Crippen LogP contribution in [0.25, 0.3) is 22.4 Å². The second kappa shape index (κ2) is 10.4. The number of methoxy groups -OCH3 is 2. The number of aryl methyl sites for hydroxylation is 1. The topological polar surface area (TPSA) is 110 Å². The number of ether oxygens (including phenoxy) is 2. The Kier molecular flexibility index (Phi) is 6.98. The Morgan fingerprint density at radius 1 is 1.00 bits per heavy atom. The van der Waals surface area contributed by atoms with Crippen molar-refractivity contribution in [2.24, 2.45) is 0 Å². The van der Waals surface area contributed by atoms with Crippen LogP contribution in [0.15, 0.2) is 67.1 Å². The van der Waals surface area contributed by atoms with Gasteiger partial charge in [-0.05, 0) is 48.9 Å². The number of aromatic nitrogens is 3. The third kappa shape index (κ3) is 5.25. The molecule has 0 unspecified atom stereocenters. The normalized spacial score (nSPS) is 10.3. The van der Waals surface area contributed by atoms with Crippen molar-refractivity contribution in [1.82, 2.24) is 20.3 Å². The number of nitrogens with zero attached hydrogens (tertiary/aromatic N) is 4. The number of pyridine rings is 3. The molecular formula is C27H23N5O3. The number of carbonyl (C=O) groups is 1. The average Bonchev–Trinajstić information content (AvgIpc) is 2.91. The van der Waals surface area contributed by atoms with Crippen LogP contribution in [0.1, 0.15) is 27.2 Å². The molecular weight excluding hydrogens is 442 g/mol. The molecule has 8 heteroatoms. The molecule has 0 atom stereocenters. The highest BCUT2D eigenvalue weighted by Gasteiger charge is 2.17. The van der Waals surface area contributed by atoms with Gasteiger partial charge in [-0.2, -0.15) is 5.26 Å². The second-order valence-corrected chi connectivity index (χ2v) is 7.76. The molecule has 1 amide bonds. The van der Waals surface area contributed by atoms with E-state index in [-0.39, 0.29) is 12.5 Å². The van der Waals surface area contributed by atoms with Gasteiger partial charge in [0, 0.05) is 35.3 Å². The van der Waals surface area contributed by atoms with Crippen molar-refractivity contribution in [3.63, 3.8) is 0 Å². The van der Waals surface area contributed by atoms with Crippen molar-refractivity contribution in [2.75, 3.05) is 14.2 Å². The van der Waals surface area contributed by atoms with E-state index >= 15 is 0 Å². The molecule has 0 saturated carbocycles. The number of nitriles is 1. The molecule has 4 rings (SSSR count). The van der Waals surface area contributed by atoms with Crippen LogP contribution in [0.4, 0.5) is 0 Å². The highest BCUT2D eigenvalue weighted by atomic mass is 16.5. The Balaban J connectivity index is 1.70. The summed E-state index contributed by atoms with van der Waals surface area (Å²) < 4.78 is 10.5. The maximum absolute atomic E-state index is 13.4. The molecule has 174 valence electrons. The molecule has 1 N–H and O–H groups in total. The van der Waals surface area contributed by atoms with Crippen molar-refractivity contribution < 1.29 is 14.3 Å². The Hall–Kier alpha value is -4.77. The third-order valence-corrected chi connectivity index (χ3v) is 5.33. The number of nitrogens with one attached hydrogen (secondary N) is 1. The Bertz CT molecular complexity index is 1430. The monoisotopic (exact) mass is 465 g/mol. The summed E-state index contributed by atoms with van der Waals surface area (Å²) in [7, 11) is 3.04. The van der Waals surface area contributed by atoms with Crippen LogP contribution >= 0.6 is 0 Å². The minimum Gasteiger partial charge on any atom is -0.491 e. The summed E-state index contributed by atoms with van der Waals surface area (Å²) in [5.74, 6) is 0.517. The first-order valence-electron chi connectivity index (χ1n) is 10.8. The lowest BCUT2D eigenvalue weighted by atomic mass is 9.99. The Morgan fingerprint density at radius 3 is 2.57 bits per heavy atom. The lowest BCUT2D eigenvalue weighted by Gasteiger charge is -2.13. The van der Waals surface area contributed by atoms with Gasteiger partial charge in [0.05, 0.1) is 49.3 Å². The summed E-state index contributed by atoms with van der Waals surface area (Å²) in [5.41, 5.74) is 5.23. The van der Waals surface area contributed by atoms with Gasteiger partial charge in [0.2, 0.25) is 0 Å². The van der Waals surface area contributed by atoms with Crippen LogP contribution in [0.5, 0.6) is 11.6 Å². The molecule has 35 heavy (non-hydrogen) atoms. The van der Waals surface area contributed by atoms with Crippen molar-refractivity contribution >= 4 is 5.91 Å². The predicted molar refractivity (Wildman–Crippen MR) is 131 cm³/mol. The molecule has 0 fully saturated rings. The Morgan fingerprint density at radius 2 is 1.83 bits per heavy atom. The smallest absolute Gasteiger partial charge is 0.257 e. The quantitative estimate of drug-likeness (QED) is 0.432. The number of hydrogen-bond acceptors (Lipinski definition) is 7. The fourth-order valence-corrected chi connectivity index (χ4v) is 3.61. The molecule has 8 nitrogen and oxygen atoms in total. The van der Waals surface area contributed by atoms with Gasteiger partial charge in [-0.15, -0.1) is 0 Å². The molecule has 0 bridgehead atoms. The number of benzene rings is 1. The zero-order chi connectivity index (χ0) is 24.8. The first kappa shape index (κ1) is 23.4. The van der Waals surface area contributed by atoms with E-state index in [2.05, 4.69) is 26.3 Å². The number of carbonyl (C=O) groups excluding carboxylic acids is 1. The molecule has 0 aliphatic heterocycles. The molecule has 3 heterocycles. The number of hydrogen-bond donors (Lipinski definition) is 1. The molecule has 0 aliphatic carbocycles.